The zero-order chi connectivity index (χ0) is 6.15. The van der Waals surface area contributed by atoms with Crippen LogP contribution in [0.2, 0.25) is 0 Å². The highest BCUT2D eigenvalue weighted by atomic mass is 16.2. The van der Waals surface area contributed by atoms with E-state index in [-0.39, 0.29) is 5.91 Å². The number of hydrogen-bond acceptors (Lipinski definition) is 2. The molecule has 0 aromatic heterocycles. The van der Waals surface area contributed by atoms with Crippen molar-refractivity contribution in [1.29, 1.82) is 0 Å². The van der Waals surface area contributed by atoms with Crippen LogP contribution in [-0.4, -0.2) is 11.6 Å². The van der Waals surface area contributed by atoms with E-state index in [9.17, 15) is 4.79 Å². The van der Waals surface area contributed by atoms with Gasteiger partial charge in [-0.05, 0) is 6.92 Å². The van der Waals surface area contributed by atoms with Gasteiger partial charge in [0.1, 0.15) is 11.5 Å². The number of nitrogens with zero attached hydrogens (tertiary/aromatic N) is 1. The molecule has 42 valence electrons. The van der Waals surface area contributed by atoms with E-state index in [1.807, 2.05) is 0 Å². The molecule has 1 aliphatic heterocycles. The molecule has 0 unspecified atom stereocenters. The fourth-order valence-electron chi connectivity index (χ4n) is 0.503. The molecule has 0 aromatic carbocycles. The van der Waals surface area contributed by atoms with Gasteiger partial charge in [0.05, 0.1) is 0 Å². The van der Waals surface area contributed by atoms with Crippen LogP contribution >= 0.6 is 0 Å². The molecule has 0 bridgehead atoms. The standard InChI is InChI=1S/C5H6N2O/c1-3-5(8)7-4(2)6-3/h2H2,1H3,(H,7,8). The van der Waals surface area contributed by atoms with E-state index in [1.165, 1.54) is 0 Å². The predicted octanol–water partition coefficient (Wildman–Crippen LogP) is 0.0483. The molecule has 1 heterocycles. The van der Waals surface area contributed by atoms with E-state index in [0.717, 1.165) is 0 Å². The third-order valence-electron chi connectivity index (χ3n) is 0.889. The molecule has 0 fully saturated rings. The largest absolute Gasteiger partial charge is 0.306 e. The van der Waals surface area contributed by atoms with Crippen LogP contribution in [0.5, 0.6) is 0 Å². The molecule has 0 radical (unpaired) electrons. The molecular weight excluding hydrogens is 104 g/mol. The Morgan fingerprint density at radius 3 is 2.50 bits per heavy atom. The molecule has 1 rings (SSSR count). The summed E-state index contributed by atoms with van der Waals surface area (Å²) >= 11 is 0. The van der Waals surface area contributed by atoms with Crippen LogP contribution in [0.15, 0.2) is 17.4 Å². The summed E-state index contributed by atoms with van der Waals surface area (Å²) in [5.41, 5.74) is 0.481. The Labute approximate surface area is 47.1 Å². The van der Waals surface area contributed by atoms with Crippen molar-refractivity contribution < 1.29 is 4.79 Å². The summed E-state index contributed by atoms with van der Waals surface area (Å²) in [6, 6.07) is 0. The van der Waals surface area contributed by atoms with E-state index in [4.69, 9.17) is 0 Å². The average Bonchev–Trinajstić information content (AvgIpc) is 1.85. The first-order valence-electron chi connectivity index (χ1n) is 2.25. The molecule has 3 heteroatoms. The highest BCUT2D eigenvalue weighted by molar-refractivity contribution is 6.40. The molecule has 0 aliphatic carbocycles. The van der Waals surface area contributed by atoms with Crippen LogP contribution in [0.3, 0.4) is 0 Å². The maximum absolute atomic E-state index is 10.5. The van der Waals surface area contributed by atoms with Gasteiger partial charge in [-0.15, -0.1) is 0 Å². The summed E-state index contributed by atoms with van der Waals surface area (Å²) in [4.78, 5) is 14.2. The first-order chi connectivity index (χ1) is 3.70. The molecular formula is C5H6N2O. The maximum atomic E-state index is 10.5. The smallest absolute Gasteiger partial charge is 0.270 e. The summed E-state index contributed by atoms with van der Waals surface area (Å²) in [7, 11) is 0. The van der Waals surface area contributed by atoms with Gasteiger partial charge < -0.3 is 5.32 Å². The third-order valence-corrected chi connectivity index (χ3v) is 0.889. The van der Waals surface area contributed by atoms with Crippen molar-refractivity contribution >= 4 is 11.6 Å². The monoisotopic (exact) mass is 110 g/mol. The summed E-state index contributed by atoms with van der Waals surface area (Å²) in [5, 5.41) is 2.43. The normalized spacial score (nSPS) is 18.4. The molecule has 0 aromatic rings. The molecule has 1 N–H and O–H groups in total. The summed E-state index contributed by atoms with van der Waals surface area (Å²) in [6.45, 7) is 5.08. The van der Waals surface area contributed by atoms with Gasteiger partial charge in [0.2, 0.25) is 0 Å². The number of carbonyl (C=O) groups is 1. The minimum atomic E-state index is -0.144. The fourth-order valence-corrected chi connectivity index (χ4v) is 0.503. The van der Waals surface area contributed by atoms with Gasteiger partial charge in [-0.3, -0.25) is 4.79 Å². The van der Waals surface area contributed by atoms with Crippen LogP contribution in [0.25, 0.3) is 0 Å². The lowest BCUT2D eigenvalue weighted by Crippen LogP contribution is -2.19. The van der Waals surface area contributed by atoms with Crippen LogP contribution < -0.4 is 5.32 Å². The molecule has 0 saturated carbocycles. The molecule has 8 heavy (non-hydrogen) atoms. The quantitative estimate of drug-likeness (QED) is 0.470. The lowest BCUT2D eigenvalue weighted by Gasteiger charge is -1.85. The Balaban J connectivity index is 2.88. The van der Waals surface area contributed by atoms with Crippen LogP contribution in [-0.2, 0) is 4.79 Å². The van der Waals surface area contributed by atoms with Crippen molar-refractivity contribution in [3.63, 3.8) is 0 Å². The van der Waals surface area contributed by atoms with Gasteiger partial charge in [0.25, 0.3) is 5.91 Å². The van der Waals surface area contributed by atoms with E-state index in [2.05, 4.69) is 16.9 Å². The highest BCUT2D eigenvalue weighted by Gasteiger charge is 2.12. The van der Waals surface area contributed by atoms with Crippen molar-refractivity contribution in [3.05, 3.63) is 12.4 Å². The number of hydrogen-bond donors (Lipinski definition) is 1. The number of aliphatic imine (C=N–C) groups is 1. The second-order valence-electron chi connectivity index (χ2n) is 1.60. The lowest BCUT2D eigenvalue weighted by molar-refractivity contribution is -0.113. The zero-order valence-electron chi connectivity index (χ0n) is 4.56. The lowest BCUT2D eigenvalue weighted by atomic mass is 10.4. The molecule has 3 nitrogen and oxygen atoms in total. The molecule has 0 atom stereocenters. The van der Waals surface area contributed by atoms with E-state index < -0.39 is 0 Å². The number of rotatable bonds is 0. The molecule has 1 aliphatic rings. The topological polar surface area (TPSA) is 41.5 Å². The zero-order valence-corrected chi connectivity index (χ0v) is 4.56. The average molecular weight is 110 g/mol. The minimum Gasteiger partial charge on any atom is -0.306 e. The Morgan fingerprint density at radius 1 is 1.75 bits per heavy atom. The van der Waals surface area contributed by atoms with E-state index in [0.29, 0.717) is 11.5 Å². The van der Waals surface area contributed by atoms with Crippen LogP contribution in [0.4, 0.5) is 0 Å². The Bertz CT molecular complexity index is 181. The maximum Gasteiger partial charge on any atom is 0.270 e. The van der Waals surface area contributed by atoms with Gasteiger partial charge in [-0.2, -0.15) is 0 Å². The molecule has 1 amide bonds. The van der Waals surface area contributed by atoms with Crippen molar-refractivity contribution in [2.45, 2.75) is 6.92 Å². The van der Waals surface area contributed by atoms with Crippen molar-refractivity contribution in [2.75, 3.05) is 0 Å². The predicted molar refractivity (Wildman–Crippen MR) is 30.4 cm³/mol. The van der Waals surface area contributed by atoms with Crippen molar-refractivity contribution in [2.24, 2.45) is 4.99 Å². The highest BCUT2D eigenvalue weighted by Crippen LogP contribution is 1.96. The Hall–Kier alpha value is -1.12. The van der Waals surface area contributed by atoms with Gasteiger partial charge in [-0.1, -0.05) is 6.58 Å². The van der Waals surface area contributed by atoms with E-state index >= 15 is 0 Å². The summed E-state index contributed by atoms with van der Waals surface area (Å²) in [6.07, 6.45) is 0. The fraction of sp³-hybridized carbons (Fsp3) is 0.200. The SMILES string of the molecule is C=C1N=C(C)C(=O)N1. The summed E-state index contributed by atoms with van der Waals surface area (Å²) < 4.78 is 0. The van der Waals surface area contributed by atoms with Gasteiger partial charge in [0, 0.05) is 0 Å². The van der Waals surface area contributed by atoms with Crippen LogP contribution in [0.1, 0.15) is 6.92 Å². The Morgan fingerprint density at radius 2 is 2.38 bits per heavy atom. The number of amides is 1. The van der Waals surface area contributed by atoms with E-state index in [1.54, 1.807) is 6.92 Å². The second kappa shape index (κ2) is 1.43. The second-order valence-corrected chi connectivity index (χ2v) is 1.60. The van der Waals surface area contributed by atoms with Gasteiger partial charge in [-0.25, -0.2) is 4.99 Å². The first kappa shape index (κ1) is 5.03. The number of carbonyl (C=O) groups excluding carboxylic acids is 1. The number of nitrogens with one attached hydrogen (secondary N) is 1. The molecule has 0 saturated heterocycles. The Kier molecular flexibility index (Phi) is 0.901. The van der Waals surface area contributed by atoms with Gasteiger partial charge >= 0.3 is 0 Å². The van der Waals surface area contributed by atoms with Gasteiger partial charge in [0.15, 0.2) is 0 Å². The summed E-state index contributed by atoms with van der Waals surface area (Å²) in [5.74, 6) is 0.294. The minimum absolute atomic E-state index is 0.144. The first-order valence-corrected chi connectivity index (χ1v) is 2.25. The third kappa shape index (κ3) is 0.621. The molecule has 0 spiro atoms. The van der Waals surface area contributed by atoms with Crippen molar-refractivity contribution in [1.82, 2.24) is 5.32 Å². The van der Waals surface area contributed by atoms with Crippen molar-refractivity contribution in [3.8, 4) is 0 Å². The van der Waals surface area contributed by atoms with Crippen LogP contribution in [0, 0.1) is 0 Å².